The number of aromatic nitrogens is 3. The Labute approximate surface area is 147 Å². The van der Waals surface area contributed by atoms with E-state index in [1.54, 1.807) is 47.1 Å². The van der Waals surface area contributed by atoms with E-state index < -0.39 is 11.5 Å². The minimum atomic E-state index is -1.21. The maximum Gasteiger partial charge on any atom is 0.357 e. The minimum Gasteiger partial charge on any atom is -0.476 e. The molecule has 0 spiro atoms. The molecule has 0 aliphatic rings. The van der Waals surface area contributed by atoms with Gasteiger partial charge in [-0.05, 0) is 18.2 Å². The van der Waals surface area contributed by atoms with Crippen LogP contribution in [0.5, 0.6) is 0 Å². The molecule has 3 aromatic heterocycles. The van der Waals surface area contributed by atoms with Crippen molar-refractivity contribution in [2.45, 2.75) is 6.54 Å². The van der Waals surface area contributed by atoms with Crippen LogP contribution in [0.15, 0.2) is 59.7 Å². The summed E-state index contributed by atoms with van der Waals surface area (Å²) in [4.78, 5) is 24.3. The van der Waals surface area contributed by atoms with Crippen LogP contribution >= 0.6 is 0 Å². The van der Waals surface area contributed by atoms with Crippen molar-refractivity contribution in [3.05, 3.63) is 82.0 Å². The molecular weight excluding hydrogens is 332 g/mol. The lowest BCUT2D eigenvalue weighted by atomic mass is 10.1. The molecule has 1 N–H and O–H groups in total. The summed E-state index contributed by atoms with van der Waals surface area (Å²) in [6, 6.07) is 14.1. The quantitative estimate of drug-likeness (QED) is 0.614. The second-order valence-electron chi connectivity index (χ2n) is 5.80. The smallest absolute Gasteiger partial charge is 0.357 e. The van der Waals surface area contributed by atoms with E-state index >= 15 is 0 Å². The van der Waals surface area contributed by atoms with Gasteiger partial charge in [0.1, 0.15) is 6.07 Å². The first-order chi connectivity index (χ1) is 12.6. The summed E-state index contributed by atoms with van der Waals surface area (Å²) in [5, 5.41) is 23.5. The molecule has 7 heteroatoms. The van der Waals surface area contributed by atoms with Gasteiger partial charge in [-0.25, -0.2) is 9.48 Å². The number of nitrogens with zero attached hydrogens (tertiary/aromatic N) is 4. The van der Waals surface area contributed by atoms with Crippen LogP contribution in [0.3, 0.4) is 0 Å². The normalized spacial score (nSPS) is 10.9. The fourth-order valence-corrected chi connectivity index (χ4v) is 3.09. The fourth-order valence-electron chi connectivity index (χ4n) is 3.09. The van der Waals surface area contributed by atoms with Gasteiger partial charge in [0.15, 0.2) is 5.69 Å². The highest BCUT2D eigenvalue weighted by Gasteiger charge is 2.17. The van der Waals surface area contributed by atoms with Gasteiger partial charge in [-0.1, -0.05) is 24.3 Å². The minimum absolute atomic E-state index is 0.00845. The number of rotatable bonds is 3. The van der Waals surface area contributed by atoms with E-state index in [4.69, 9.17) is 0 Å². The van der Waals surface area contributed by atoms with Crippen molar-refractivity contribution < 1.29 is 9.90 Å². The number of carboxylic acid groups (broad SMARTS) is 1. The average Bonchev–Trinajstić information content (AvgIpc) is 3.00. The van der Waals surface area contributed by atoms with Gasteiger partial charge in [0.05, 0.1) is 23.0 Å². The molecule has 26 heavy (non-hydrogen) atoms. The first kappa shape index (κ1) is 15.6. The van der Waals surface area contributed by atoms with Crippen molar-refractivity contribution in [2.75, 3.05) is 0 Å². The molecule has 0 bridgehead atoms. The Bertz CT molecular complexity index is 1280. The van der Waals surface area contributed by atoms with Crippen LogP contribution in [0.4, 0.5) is 0 Å². The summed E-state index contributed by atoms with van der Waals surface area (Å²) in [7, 11) is 0. The zero-order valence-corrected chi connectivity index (χ0v) is 13.5. The number of fused-ring (bicyclic) bond motifs is 2. The molecule has 0 amide bonds. The van der Waals surface area contributed by atoms with Crippen LogP contribution in [-0.2, 0) is 6.54 Å². The molecule has 0 aliphatic carbocycles. The van der Waals surface area contributed by atoms with Crippen molar-refractivity contribution in [3.63, 3.8) is 0 Å². The number of hydrogen-bond acceptors (Lipinski definition) is 4. The maximum atomic E-state index is 12.7. The number of hydrogen-bond donors (Lipinski definition) is 1. The summed E-state index contributed by atoms with van der Waals surface area (Å²) >= 11 is 0. The van der Waals surface area contributed by atoms with Gasteiger partial charge in [-0.2, -0.15) is 10.4 Å². The molecule has 0 saturated heterocycles. The number of nitriles is 1. The molecule has 0 atom stereocenters. The van der Waals surface area contributed by atoms with Gasteiger partial charge < -0.3 is 9.51 Å². The first-order valence-corrected chi connectivity index (χ1v) is 7.82. The zero-order valence-electron chi connectivity index (χ0n) is 13.5. The summed E-state index contributed by atoms with van der Waals surface area (Å²) in [6.45, 7) is 0.00845. The third kappa shape index (κ3) is 2.32. The van der Waals surface area contributed by atoms with Crippen LogP contribution in [0.2, 0.25) is 0 Å². The Morgan fingerprint density at radius 3 is 2.62 bits per heavy atom. The molecule has 126 valence electrons. The highest BCUT2D eigenvalue weighted by Crippen LogP contribution is 2.19. The molecule has 0 radical (unpaired) electrons. The summed E-state index contributed by atoms with van der Waals surface area (Å²) < 4.78 is 2.89. The number of benzene rings is 1. The topological polar surface area (TPSA) is 100 Å². The largest absolute Gasteiger partial charge is 0.476 e. The number of carbonyl (C=O) groups is 1. The van der Waals surface area contributed by atoms with Crippen molar-refractivity contribution >= 4 is 22.3 Å². The van der Waals surface area contributed by atoms with E-state index in [-0.39, 0.29) is 17.6 Å². The highest BCUT2D eigenvalue weighted by molar-refractivity contribution is 6.01. The van der Waals surface area contributed by atoms with Crippen LogP contribution in [0, 0.1) is 11.3 Å². The summed E-state index contributed by atoms with van der Waals surface area (Å²) in [5.41, 5.74) is 1.16. The summed E-state index contributed by atoms with van der Waals surface area (Å²) in [5.74, 6) is -1.21. The number of aromatic carboxylic acids is 1. The molecule has 0 fully saturated rings. The fraction of sp³-hybridized carbons (Fsp3) is 0.0526. The average molecular weight is 344 g/mol. The molecule has 4 aromatic rings. The van der Waals surface area contributed by atoms with Gasteiger partial charge in [-0.15, -0.1) is 0 Å². The van der Waals surface area contributed by atoms with Gasteiger partial charge in [0, 0.05) is 23.3 Å². The van der Waals surface area contributed by atoms with Crippen LogP contribution in [0.1, 0.15) is 21.6 Å². The van der Waals surface area contributed by atoms with E-state index in [0.717, 1.165) is 10.2 Å². The van der Waals surface area contributed by atoms with E-state index in [2.05, 4.69) is 11.2 Å². The van der Waals surface area contributed by atoms with Crippen LogP contribution in [0.25, 0.3) is 16.3 Å². The van der Waals surface area contributed by atoms with Gasteiger partial charge in [0.2, 0.25) is 0 Å². The van der Waals surface area contributed by atoms with E-state index in [1.807, 2.05) is 12.1 Å². The summed E-state index contributed by atoms with van der Waals surface area (Å²) in [6.07, 6.45) is 3.55. The van der Waals surface area contributed by atoms with Gasteiger partial charge >= 0.3 is 5.97 Å². The molecule has 0 saturated carbocycles. The Balaban J connectivity index is 1.94. The molecule has 0 aliphatic heterocycles. The van der Waals surface area contributed by atoms with Crippen molar-refractivity contribution in [2.24, 2.45) is 0 Å². The predicted octanol–water partition coefficient (Wildman–Crippen LogP) is 2.27. The Kier molecular flexibility index (Phi) is 3.52. The Morgan fingerprint density at radius 1 is 1.15 bits per heavy atom. The third-order valence-corrected chi connectivity index (χ3v) is 4.26. The van der Waals surface area contributed by atoms with Crippen molar-refractivity contribution in [1.29, 1.82) is 5.26 Å². The monoisotopic (exact) mass is 344 g/mol. The first-order valence-electron chi connectivity index (χ1n) is 7.82. The second kappa shape index (κ2) is 5.86. The Morgan fingerprint density at radius 2 is 1.88 bits per heavy atom. The lowest BCUT2D eigenvalue weighted by Gasteiger charge is -2.08. The van der Waals surface area contributed by atoms with E-state index in [0.29, 0.717) is 16.5 Å². The highest BCUT2D eigenvalue weighted by atomic mass is 16.4. The van der Waals surface area contributed by atoms with Gasteiger partial charge in [0.25, 0.3) is 5.56 Å². The number of carboxylic acids is 1. The molecule has 3 heterocycles. The lowest BCUT2D eigenvalue weighted by molar-refractivity contribution is 0.0690. The van der Waals surface area contributed by atoms with Crippen molar-refractivity contribution in [1.82, 2.24) is 14.2 Å². The van der Waals surface area contributed by atoms with Crippen LogP contribution < -0.4 is 5.56 Å². The van der Waals surface area contributed by atoms with Crippen molar-refractivity contribution in [3.8, 4) is 6.07 Å². The predicted molar refractivity (Wildman–Crippen MR) is 94.2 cm³/mol. The van der Waals surface area contributed by atoms with Gasteiger partial charge in [-0.3, -0.25) is 4.79 Å². The maximum absolute atomic E-state index is 12.7. The number of pyridine rings is 1. The third-order valence-electron chi connectivity index (χ3n) is 4.26. The standard InChI is InChI=1S/C19H12N4O3/c20-9-15-12(10-22-8-4-3-7-16(15)22)11-23-18(24)14-6-2-1-5-13(14)17(21-23)19(25)26/h1-8,10H,11H2,(H,25,26). The van der Waals surface area contributed by atoms with E-state index in [1.165, 1.54) is 0 Å². The zero-order chi connectivity index (χ0) is 18.3. The SMILES string of the molecule is N#Cc1c(Cn2nc(C(=O)O)c3ccccc3c2=O)cn2ccccc12. The molecule has 7 nitrogen and oxygen atoms in total. The molecular formula is C19H12N4O3. The molecule has 1 aromatic carbocycles. The molecule has 4 rings (SSSR count). The molecule has 0 unspecified atom stereocenters. The van der Waals surface area contributed by atoms with Crippen LogP contribution in [-0.4, -0.2) is 25.3 Å². The van der Waals surface area contributed by atoms with E-state index in [9.17, 15) is 20.0 Å². The second-order valence-corrected chi connectivity index (χ2v) is 5.80. The lowest BCUT2D eigenvalue weighted by Crippen LogP contribution is -2.26. The Hall–Kier alpha value is -3.92.